The van der Waals surface area contributed by atoms with E-state index in [0.717, 1.165) is 0 Å². The number of ketones is 2. The maximum Gasteiger partial charge on any atom is 0.533 e. The van der Waals surface area contributed by atoms with Crippen molar-refractivity contribution in [1.29, 1.82) is 0 Å². The Morgan fingerprint density at radius 2 is 0.867 bits per heavy atom. The summed E-state index contributed by atoms with van der Waals surface area (Å²) < 4.78 is 11.7. The average Bonchev–Trinajstić information content (AvgIpc) is 2.78. The Kier molecular flexibility index (Phi) is 7.28. The number of para-hydroxylation sites is 2. The van der Waals surface area contributed by atoms with Gasteiger partial charge in [-0.3, -0.25) is 18.6 Å². The van der Waals surface area contributed by atoms with Gasteiger partial charge in [0.1, 0.15) is 0 Å². The molecule has 0 unspecified atom stereocenters. The zero-order valence-corrected chi connectivity index (χ0v) is 16.9. The Bertz CT molecular complexity index is 951. The fourth-order valence-electron chi connectivity index (χ4n) is 2.43. The second-order valence-corrected chi connectivity index (χ2v) is 8.06. The summed E-state index contributed by atoms with van der Waals surface area (Å²) in [5.41, 5.74) is 0. The predicted molar refractivity (Wildman–Crippen MR) is 118 cm³/mol. The molecule has 0 saturated carbocycles. The summed E-state index contributed by atoms with van der Waals surface area (Å²) in [6, 6.07) is 27.6. The molecule has 0 radical (unpaired) electrons. The Labute approximate surface area is 175 Å². The van der Waals surface area contributed by atoms with Gasteiger partial charge in [-0.15, -0.1) is 0 Å². The minimum Gasteiger partial charge on any atom is -0.290 e. The summed E-state index contributed by atoms with van der Waals surface area (Å²) in [6.07, 6.45) is 5.01. The summed E-state index contributed by atoms with van der Waals surface area (Å²) >= 11 is 0. The maximum absolute atomic E-state index is 11.1. The number of benzene rings is 3. The van der Waals surface area contributed by atoms with Gasteiger partial charge < -0.3 is 0 Å². The molecule has 30 heavy (non-hydrogen) atoms. The summed E-state index contributed by atoms with van der Waals surface area (Å²) in [4.78, 5) is 31.6. The Hall–Kier alpha value is -3.53. The van der Waals surface area contributed by atoms with Crippen LogP contribution in [-0.2, 0) is 9.59 Å². The van der Waals surface area contributed by atoms with Gasteiger partial charge in [0.25, 0.3) is 0 Å². The molecule has 0 amide bonds. The van der Waals surface area contributed by atoms with Crippen LogP contribution in [0.5, 0.6) is 11.5 Å². The normalized spacial score (nSPS) is 12.7. The van der Waals surface area contributed by atoms with Gasteiger partial charge in [0.15, 0.2) is 23.1 Å². The first-order valence-electron chi connectivity index (χ1n) is 9.16. The van der Waals surface area contributed by atoms with Gasteiger partial charge in [-0.05, 0) is 60.7 Å². The third-order valence-electron chi connectivity index (χ3n) is 3.85. The first kappa shape index (κ1) is 21.2. The number of hydrogen-bond acceptors (Lipinski definition) is 5. The van der Waals surface area contributed by atoms with E-state index in [2.05, 4.69) is 0 Å². The lowest BCUT2D eigenvalue weighted by atomic mass is 10.2. The van der Waals surface area contributed by atoms with Gasteiger partial charge in [0.05, 0.1) is 0 Å². The topological polar surface area (TPSA) is 72.8 Å². The van der Waals surface area contributed by atoms with E-state index in [0.29, 0.717) is 16.8 Å². The van der Waals surface area contributed by atoms with E-state index in [-0.39, 0.29) is 11.6 Å². The van der Waals surface area contributed by atoms with Crippen LogP contribution in [-0.4, -0.2) is 16.5 Å². The second-order valence-electron chi connectivity index (χ2n) is 6.14. The summed E-state index contributed by atoms with van der Waals surface area (Å²) in [6.45, 7) is 0. The highest BCUT2D eigenvalue weighted by atomic mass is 31.2. The van der Waals surface area contributed by atoms with E-state index in [4.69, 9.17) is 9.05 Å². The molecule has 0 spiro atoms. The molecule has 0 saturated heterocycles. The van der Waals surface area contributed by atoms with Crippen LogP contribution in [0.1, 0.15) is 0 Å². The van der Waals surface area contributed by atoms with Crippen molar-refractivity contribution in [3.05, 3.63) is 115 Å². The lowest BCUT2D eigenvalue weighted by Crippen LogP contribution is -2.20. The Morgan fingerprint density at radius 1 is 0.533 bits per heavy atom. The molecule has 0 aromatic heterocycles. The molecule has 1 N–H and O–H groups in total. The molecule has 0 fully saturated rings. The summed E-state index contributed by atoms with van der Waals surface area (Å²) in [5.74, 6) is 0.894. The number of carbonyl (C=O) groups is 2. The molecule has 0 bridgehead atoms. The predicted octanol–water partition coefficient (Wildman–Crippen LogP) is 4.48. The molecule has 0 atom stereocenters. The minimum absolute atomic E-state index is 0.121. The van der Waals surface area contributed by atoms with E-state index in [9.17, 15) is 14.5 Å². The highest BCUT2D eigenvalue weighted by molar-refractivity contribution is 7.69. The van der Waals surface area contributed by atoms with Gasteiger partial charge >= 0.3 is 7.94 Å². The smallest absolute Gasteiger partial charge is 0.290 e. The van der Waals surface area contributed by atoms with Gasteiger partial charge in [0, 0.05) is 0 Å². The molecule has 150 valence electrons. The minimum atomic E-state index is -3.27. The molecule has 3 aromatic rings. The van der Waals surface area contributed by atoms with Crippen molar-refractivity contribution in [3.8, 4) is 11.5 Å². The first-order chi connectivity index (χ1) is 14.5. The van der Waals surface area contributed by atoms with Crippen LogP contribution in [0.4, 0.5) is 0 Å². The molecule has 3 aromatic carbocycles. The van der Waals surface area contributed by atoms with Gasteiger partial charge in [-0.25, -0.2) is 0 Å². The van der Waals surface area contributed by atoms with E-state index in [1.807, 2.05) is 54.6 Å². The zero-order valence-electron chi connectivity index (χ0n) is 16.0. The molecular weight excluding hydrogens is 399 g/mol. The number of allylic oxidation sites excluding steroid dienone is 4. The molecule has 1 aliphatic carbocycles. The van der Waals surface area contributed by atoms with Crippen LogP contribution in [0.3, 0.4) is 0 Å². The van der Waals surface area contributed by atoms with Crippen LogP contribution in [0, 0.1) is 0 Å². The lowest BCUT2D eigenvalue weighted by Gasteiger charge is -2.17. The third-order valence-corrected chi connectivity index (χ3v) is 5.72. The van der Waals surface area contributed by atoms with E-state index < -0.39 is 7.94 Å². The third kappa shape index (κ3) is 6.24. The SMILES string of the molecule is O=C1C=CC(=O)C=C1.O[P+](Oc1ccccc1)(Oc1ccccc1)c1ccccc1. The molecule has 6 heteroatoms. The molecule has 0 heterocycles. The van der Waals surface area contributed by atoms with Gasteiger partial charge in [0.2, 0.25) is 5.30 Å². The Balaban J connectivity index is 0.000000269. The average molecular weight is 419 g/mol. The van der Waals surface area contributed by atoms with Gasteiger partial charge in [-0.2, -0.15) is 4.89 Å². The van der Waals surface area contributed by atoms with Crippen molar-refractivity contribution in [2.75, 3.05) is 0 Å². The maximum atomic E-state index is 11.1. The monoisotopic (exact) mass is 419 g/mol. The van der Waals surface area contributed by atoms with Crippen LogP contribution < -0.4 is 14.4 Å². The summed E-state index contributed by atoms with van der Waals surface area (Å²) in [5, 5.41) is 0.628. The second kappa shape index (κ2) is 10.3. The zero-order chi connectivity index (χ0) is 21.2. The molecule has 1 aliphatic rings. The highest BCUT2D eigenvalue weighted by Crippen LogP contribution is 2.54. The van der Waals surface area contributed by atoms with E-state index in [1.54, 1.807) is 36.4 Å². The van der Waals surface area contributed by atoms with Crippen LogP contribution in [0.2, 0.25) is 0 Å². The van der Waals surface area contributed by atoms with Crippen molar-refractivity contribution in [3.63, 3.8) is 0 Å². The quantitative estimate of drug-likeness (QED) is 0.488. The van der Waals surface area contributed by atoms with Crippen LogP contribution in [0.15, 0.2) is 115 Å². The van der Waals surface area contributed by atoms with Crippen molar-refractivity contribution in [1.82, 2.24) is 0 Å². The summed E-state index contributed by atoms with van der Waals surface area (Å²) in [7, 11) is -3.27. The van der Waals surface area contributed by atoms with Crippen molar-refractivity contribution < 1.29 is 23.5 Å². The largest absolute Gasteiger partial charge is 0.533 e. The van der Waals surface area contributed by atoms with Crippen LogP contribution >= 0.6 is 7.94 Å². The fourth-order valence-corrected chi connectivity index (χ4v) is 4.04. The first-order valence-corrected chi connectivity index (χ1v) is 10.7. The van der Waals surface area contributed by atoms with Gasteiger partial charge in [-0.1, -0.05) is 54.6 Å². The highest BCUT2D eigenvalue weighted by Gasteiger charge is 2.47. The Morgan fingerprint density at radius 3 is 1.23 bits per heavy atom. The fraction of sp³-hybridized carbons (Fsp3) is 0. The van der Waals surface area contributed by atoms with Crippen LogP contribution in [0.25, 0.3) is 0 Å². The number of rotatable bonds is 5. The standard InChI is InChI=1S/C18H16O3P.C6H4O2/c19-22(18-14-8-3-9-15-18,20-16-10-4-1-5-11-16)21-17-12-6-2-7-13-17;7-5-1-2-6(8)4-3-5/h1-15,19H;1-4H/q+1;. The van der Waals surface area contributed by atoms with Crippen molar-refractivity contribution >= 4 is 24.8 Å². The van der Waals surface area contributed by atoms with E-state index >= 15 is 0 Å². The van der Waals surface area contributed by atoms with Crippen molar-refractivity contribution in [2.45, 2.75) is 0 Å². The number of hydrogen-bond donors (Lipinski definition) is 1. The number of carbonyl (C=O) groups excluding carboxylic acids is 2. The van der Waals surface area contributed by atoms with E-state index in [1.165, 1.54) is 24.3 Å². The lowest BCUT2D eigenvalue weighted by molar-refractivity contribution is -0.113. The molecule has 4 rings (SSSR count). The molecular formula is C24H20O5P+. The molecule has 0 aliphatic heterocycles. The van der Waals surface area contributed by atoms with Crippen molar-refractivity contribution in [2.24, 2.45) is 0 Å². The molecule has 5 nitrogen and oxygen atoms in total.